The molecule has 0 radical (unpaired) electrons. The van der Waals surface area contributed by atoms with Crippen molar-refractivity contribution >= 4 is 17.5 Å². The Morgan fingerprint density at radius 2 is 1.75 bits per heavy atom. The lowest BCUT2D eigenvalue weighted by molar-refractivity contribution is -0.139. The van der Waals surface area contributed by atoms with Crippen LogP contribution in [0.4, 0.5) is 0 Å². The maximum Gasteiger partial charge on any atom is 0.220 e. The smallest absolute Gasteiger partial charge is 0.220 e. The van der Waals surface area contributed by atoms with E-state index in [4.69, 9.17) is 11.6 Å². The van der Waals surface area contributed by atoms with Crippen LogP contribution >= 0.6 is 11.6 Å². The van der Waals surface area contributed by atoms with Gasteiger partial charge in [-0.15, -0.1) is 11.6 Å². The third kappa shape index (κ3) is 2.73. The summed E-state index contributed by atoms with van der Waals surface area (Å²) in [5.74, 6) is 1.75. The second kappa shape index (κ2) is 4.90. The van der Waals surface area contributed by atoms with Crippen molar-refractivity contribution in [3.63, 3.8) is 0 Å². The Hall–Kier alpha value is -0.240. The summed E-state index contributed by atoms with van der Waals surface area (Å²) >= 11 is 5.69. The van der Waals surface area contributed by atoms with E-state index in [2.05, 4.69) is 19.2 Å². The van der Waals surface area contributed by atoms with Gasteiger partial charge in [-0.3, -0.25) is 4.79 Å². The van der Waals surface area contributed by atoms with Crippen molar-refractivity contribution in [2.24, 2.45) is 16.7 Å². The minimum Gasteiger partial charge on any atom is -0.351 e. The Morgan fingerprint density at radius 3 is 2.30 bits per heavy atom. The van der Waals surface area contributed by atoms with Crippen molar-refractivity contribution in [3.8, 4) is 0 Å². The highest BCUT2D eigenvalue weighted by Gasteiger charge is 2.60. The molecule has 4 rings (SSSR count). The number of unbranched alkanes of at least 4 members (excludes halogenated alkanes) is 1. The van der Waals surface area contributed by atoms with Crippen LogP contribution in [0.3, 0.4) is 0 Å². The molecule has 0 saturated heterocycles. The standard InChI is InChI=1S/C17H28ClNO/c1-15-7-13-8-16(2,10-15)12-17(9-13,11-15)19-14(20)5-3-4-6-18/h13H,3-12H2,1-2H3,(H,19,20). The molecule has 3 heteroatoms. The highest BCUT2D eigenvalue weighted by atomic mass is 35.5. The molecule has 4 fully saturated rings. The molecule has 2 nitrogen and oxygen atoms in total. The average Bonchev–Trinajstić information content (AvgIpc) is 2.22. The van der Waals surface area contributed by atoms with Crippen LogP contribution in [0.15, 0.2) is 0 Å². The third-order valence-electron chi connectivity index (χ3n) is 5.82. The number of rotatable bonds is 5. The minimum absolute atomic E-state index is 0.112. The number of halogens is 1. The van der Waals surface area contributed by atoms with Gasteiger partial charge in [0.2, 0.25) is 5.91 Å². The zero-order valence-corrected chi connectivity index (χ0v) is 13.7. The maximum atomic E-state index is 12.3. The van der Waals surface area contributed by atoms with Crippen LogP contribution in [-0.4, -0.2) is 17.3 Å². The number of alkyl halides is 1. The fourth-order valence-electron chi connectivity index (χ4n) is 6.33. The molecule has 20 heavy (non-hydrogen) atoms. The Balaban J connectivity index is 1.68. The molecule has 4 aliphatic carbocycles. The van der Waals surface area contributed by atoms with Crippen molar-refractivity contribution in [2.75, 3.05) is 5.88 Å². The van der Waals surface area contributed by atoms with E-state index in [-0.39, 0.29) is 11.4 Å². The van der Waals surface area contributed by atoms with Gasteiger partial charge in [-0.2, -0.15) is 0 Å². The van der Waals surface area contributed by atoms with Crippen LogP contribution in [0, 0.1) is 16.7 Å². The molecule has 1 N–H and O–H groups in total. The van der Waals surface area contributed by atoms with Gasteiger partial charge >= 0.3 is 0 Å². The zero-order valence-electron chi connectivity index (χ0n) is 12.9. The molecule has 0 aliphatic heterocycles. The maximum absolute atomic E-state index is 12.3. The molecule has 0 aromatic rings. The van der Waals surface area contributed by atoms with Crippen LogP contribution < -0.4 is 5.32 Å². The summed E-state index contributed by atoms with van der Waals surface area (Å²) in [6.07, 6.45) is 10.3. The van der Waals surface area contributed by atoms with Crippen molar-refractivity contribution in [3.05, 3.63) is 0 Å². The van der Waals surface area contributed by atoms with Gasteiger partial charge in [0.1, 0.15) is 0 Å². The Kier molecular flexibility index (Phi) is 3.60. The number of carbonyl (C=O) groups is 1. The van der Waals surface area contributed by atoms with Gasteiger partial charge in [0.15, 0.2) is 0 Å². The first-order valence-electron chi connectivity index (χ1n) is 8.23. The molecular weight excluding hydrogens is 270 g/mol. The van der Waals surface area contributed by atoms with Gasteiger partial charge < -0.3 is 5.32 Å². The Bertz CT molecular complexity index is 390. The van der Waals surface area contributed by atoms with Crippen LogP contribution in [0.2, 0.25) is 0 Å². The number of amides is 1. The van der Waals surface area contributed by atoms with Gasteiger partial charge in [0, 0.05) is 17.8 Å². The van der Waals surface area contributed by atoms with Gasteiger partial charge in [0.25, 0.3) is 0 Å². The van der Waals surface area contributed by atoms with E-state index in [1.54, 1.807) is 0 Å². The lowest BCUT2D eigenvalue weighted by Crippen LogP contribution is -2.65. The monoisotopic (exact) mass is 297 g/mol. The molecule has 0 aromatic heterocycles. The summed E-state index contributed by atoms with van der Waals surface area (Å²) in [5, 5.41) is 3.45. The normalized spacial score (nSPS) is 45.6. The molecule has 114 valence electrons. The predicted molar refractivity (Wildman–Crippen MR) is 82.9 cm³/mol. The fourth-order valence-corrected chi connectivity index (χ4v) is 6.51. The van der Waals surface area contributed by atoms with Crippen molar-refractivity contribution < 1.29 is 4.79 Å². The van der Waals surface area contributed by atoms with Crippen LogP contribution in [0.5, 0.6) is 0 Å². The van der Waals surface area contributed by atoms with Gasteiger partial charge in [0.05, 0.1) is 0 Å². The summed E-state index contributed by atoms with van der Waals surface area (Å²) in [6, 6.07) is 0. The number of hydrogen-bond donors (Lipinski definition) is 1. The first-order valence-corrected chi connectivity index (χ1v) is 8.77. The Morgan fingerprint density at radius 1 is 1.10 bits per heavy atom. The molecule has 0 aromatic carbocycles. The van der Waals surface area contributed by atoms with E-state index in [9.17, 15) is 4.79 Å². The number of nitrogens with one attached hydrogen (secondary N) is 1. The molecule has 4 bridgehead atoms. The van der Waals surface area contributed by atoms with Gasteiger partial charge in [-0.25, -0.2) is 0 Å². The van der Waals surface area contributed by atoms with E-state index in [1.165, 1.54) is 38.5 Å². The average molecular weight is 298 g/mol. The first kappa shape index (κ1) is 14.7. The first-order chi connectivity index (χ1) is 9.36. The quantitative estimate of drug-likeness (QED) is 0.596. The topological polar surface area (TPSA) is 29.1 Å². The fraction of sp³-hybridized carbons (Fsp3) is 0.941. The third-order valence-corrected chi connectivity index (χ3v) is 6.09. The second-order valence-electron chi connectivity index (χ2n) is 8.60. The summed E-state index contributed by atoms with van der Waals surface area (Å²) in [6.45, 7) is 4.90. The van der Waals surface area contributed by atoms with E-state index >= 15 is 0 Å². The second-order valence-corrected chi connectivity index (χ2v) is 8.98. The van der Waals surface area contributed by atoms with Crippen LogP contribution in [-0.2, 0) is 4.79 Å². The Labute approximate surface area is 128 Å². The minimum atomic E-state index is 0.112. The molecule has 1 amide bonds. The SMILES string of the molecule is CC12CC3CC(C)(C1)CC(NC(=O)CCCCCl)(C3)C2. The highest BCUT2D eigenvalue weighted by molar-refractivity contribution is 6.17. The summed E-state index contributed by atoms with van der Waals surface area (Å²) in [5.41, 5.74) is 1.05. The van der Waals surface area contributed by atoms with Gasteiger partial charge in [-0.1, -0.05) is 13.8 Å². The largest absolute Gasteiger partial charge is 0.351 e. The zero-order chi connectivity index (χ0) is 14.4. The van der Waals surface area contributed by atoms with E-state index < -0.39 is 0 Å². The highest BCUT2D eigenvalue weighted by Crippen LogP contribution is 2.66. The van der Waals surface area contributed by atoms with E-state index in [1.807, 2.05) is 0 Å². The molecule has 0 spiro atoms. The molecule has 4 aliphatic rings. The predicted octanol–water partition coefficient (Wildman–Crippen LogP) is 4.26. The molecule has 2 unspecified atom stereocenters. The van der Waals surface area contributed by atoms with Crippen molar-refractivity contribution in [1.29, 1.82) is 0 Å². The van der Waals surface area contributed by atoms with Crippen molar-refractivity contribution in [1.82, 2.24) is 5.32 Å². The lowest BCUT2D eigenvalue weighted by atomic mass is 9.43. The van der Waals surface area contributed by atoms with Gasteiger partial charge in [-0.05, 0) is 68.1 Å². The van der Waals surface area contributed by atoms with Crippen molar-refractivity contribution in [2.45, 2.75) is 77.2 Å². The van der Waals surface area contributed by atoms with Crippen LogP contribution in [0.25, 0.3) is 0 Å². The number of carbonyl (C=O) groups excluding carboxylic acids is 1. The molecule has 2 atom stereocenters. The summed E-state index contributed by atoms with van der Waals surface area (Å²) in [7, 11) is 0. The molecule has 4 saturated carbocycles. The van der Waals surface area contributed by atoms with E-state index in [0.29, 0.717) is 23.1 Å². The summed E-state index contributed by atoms with van der Waals surface area (Å²) in [4.78, 5) is 12.3. The molecular formula is C17H28ClNO. The number of hydrogen-bond acceptors (Lipinski definition) is 1. The van der Waals surface area contributed by atoms with E-state index in [0.717, 1.165) is 18.8 Å². The lowest BCUT2D eigenvalue weighted by Gasteiger charge is -2.65. The molecule has 0 heterocycles. The van der Waals surface area contributed by atoms with Crippen LogP contribution in [0.1, 0.15) is 71.6 Å². The summed E-state index contributed by atoms with van der Waals surface area (Å²) < 4.78 is 0.